The van der Waals surface area contributed by atoms with E-state index in [2.05, 4.69) is 4.90 Å². The topological polar surface area (TPSA) is 59.8 Å². The Balaban J connectivity index is 1.88. The average molecular weight is 387 g/mol. The number of ether oxygens (including phenoxy) is 1. The molecule has 0 radical (unpaired) electrons. The summed E-state index contributed by atoms with van der Waals surface area (Å²) in [6.45, 7) is 3.14. The van der Waals surface area contributed by atoms with Gasteiger partial charge in [-0.25, -0.2) is 4.79 Å². The van der Waals surface area contributed by atoms with Crippen LogP contribution in [-0.2, 0) is 10.5 Å². The molecule has 2 aliphatic heterocycles. The van der Waals surface area contributed by atoms with Gasteiger partial charge in [0.1, 0.15) is 16.9 Å². The van der Waals surface area contributed by atoms with E-state index in [-0.39, 0.29) is 5.78 Å². The summed E-state index contributed by atoms with van der Waals surface area (Å²) in [4.78, 5) is 27.5. The summed E-state index contributed by atoms with van der Waals surface area (Å²) in [5, 5.41) is 0.730. The number of carbonyl (C=O) groups excluding carboxylic acids is 1. The van der Waals surface area contributed by atoms with Crippen LogP contribution < -0.4 is 10.4 Å². The van der Waals surface area contributed by atoms with Gasteiger partial charge in [-0.2, -0.15) is 0 Å². The lowest BCUT2D eigenvalue weighted by molar-refractivity contribution is -0.112. The molecule has 1 atom stereocenters. The summed E-state index contributed by atoms with van der Waals surface area (Å²) >= 11 is 0. The van der Waals surface area contributed by atoms with E-state index in [0.717, 1.165) is 36.9 Å². The summed E-state index contributed by atoms with van der Waals surface area (Å²) in [5.41, 5.74) is 0.771. The van der Waals surface area contributed by atoms with Gasteiger partial charge >= 0.3 is 5.63 Å². The fourth-order valence-electron chi connectivity index (χ4n) is 4.53. The fourth-order valence-corrected chi connectivity index (χ4v) is 4.53. The molecular weight excluding hydrogens is 366 g/mol. The molecule has 1 unspecified atom stereocenters. The number of nitrogens with zero attached hydrogens (tertiary/aromatic N) is 1. The molecule has 2 aliphatic rings. The van der Waals surface area contributed by atoms with Crippen LogP contribution in [0.1, 0.15) is 30.9 Å². The van der Waals surface area contributed by atoms with Crippen molar-refractivity contribution in [2.75, 3.05) is 13.1 Å². The second kappa shape index (κ2) is 6.71. The Bertz CT molecular complexity index is 1190. The highest BCUT2D eigenvalue weighted by atomic mass is 16.5. The van der Waals surface area contributed by atoms with Gasteiger partial charge < -0.3 is 9.15 Å². The molecule has 29 heavy (non-hydrogen) atoms. The SMILES string of the molecule is CC(=O)/C=C1\c2c(c3ccccc3oc2=O)OC1(c1ccccc1)N1CCCC1. The van der Waals surface area contributed by atoms with Crippen molar-refractivity contribution < 1.29 is 13.9 Å². The number of hydrogen-bond donors (Lipinski definition) is 0. The molecule has 0 spiro atoms. The van der Waals surface area contributed by atoms with Crippen LogP contribution >= 0.6 is 0 Å². The number of rotatable bonds is 3. The first-order valence-corrected chi connectivity index (χ1v) is 9.90. The predicted octanol–water partition coefficient (Wildman–Crippen LogP) is 4.11. The molecule has 1 aromatic heterocycles. The Morgan fingerprint density at radius 2 is 1.72 bits per heavy atom. The van der Waals surface area contributed by atoms with Crippen LogP contribution in [-0.4, -0.2) is 23.8 Å². The molecule has 0 saturated carbocycles. The van der Waals surface area contributed by atoms with Gasteiger partial charge in [0.05, 0.1) is 5.39 Å². The maximum Gasteiger partial charge on any atom is 0.347 e. The van der Waals surface area contributed by atoms with Gasteiger partial charge in [-0.05, 0) is 38.0 Å². The molecule has 0 N–H and O–H groups in total. The predicted molar refractivity (Wildman–Crippen MR) is 111 cm³/mol. The van der Waals surface area contributed by atoms with Crippen molar-refractivity contribution in [3.63, 3.8) is 0 Å². The molecule has 3 heterocycles. The fraction of sp³-hybridized carbons (Fsp3) is 0.250. The third kappa shape index (κ3) is 2.65. The van der Waals surface area contributed by atoms with Crippen molar-refractivity contribution in [1.29, 1.82) is 0 Å². The molecule has 5 nitrogen and oxygen atoms in total. The number of allylic oxidation sites excluding steroid dienone is 1. The monoisotopic (exact) mass is 387 g/mol. The van der Waals surface area contributed by atoms with Crippen molar-refractivity contribution >= 4 is 22.3 Å². The van der Waals surface area contributed by atoms with E-state index in [1.165, 1.54) is 13.0 Å². The van der Waals surface area contributed by atoms with Crippen LogP contribution in [0, 0.1) is 0 Å². The van der Waals surface area contributed by atoms with Gasteiger partial charge in [-0.3, -0.25) is 9.69 Å². The lowest BCUT2D eigenvalue weighted by Gasteiger charge is -2.39. The van der Waals surface area contributed by atoms with Crippen molar-refractivity contribution in [3.05, 3.63) is 82.2 Å². The Hall–Kier alpha value is -3.18. The van der Waals surface area contributed by atoms with Crippen molar-refractivity contribution in [3.8, 4) is 5.75 Å². The second-order valence-corrected chi connectivity index (χ2v) is 7.56. The number of benzene rings is 2. The summed E-state index contributed by atoms with van der Waals surface area (Å²) in [5.74, 6) is 0.351. The van der Waals surface area contributed by atoms with E-state index >= 15 is 0 Å². The van der Waals surface area contributed by atoms with E-state index in [1.807, 2.05) is 48.5 Å². The zero-order valence-electron chi connectivity index (χ0n) is 16.2. The number of likely N-dealkylation sites (tertiary alicyclic amines) is 1. The third-order valence-corrected chi connectivity index (χ3v) is 5.71. The van der Waals surface area contributed by atoms with E-state index < -0.39 is 11.4 Å². The smallest absolute Gasteiger partial charge is 0.347 e. The van der Waals surface area contributed by atoms with E-state index in [0.29, 0.717) is 22.5 Å². The van der Waals surface area contributed by atoms with Gasteiger partial charge in [0.15, 0.2) is 5.78 Å². The van der Waals surface area contributed by atoms with Crippen LogP contribution in [0.4, 0.5) is 0 Å². The van der Waals surface area contributed by atoms with Gasteiger partial charge in [-0.15, -0.1) is 0 Å². The minimum Gasteiger partial charge on any atom is -0.462 e. The molecule has 2 aromatic carbocycles. The van der Waals surface area contributed by atoms with Crippen LogP contribution in [0.5, 0.6) is 5.75 Å². The minimum atomic E-state index is -1.02. The van der Waals surface area contributed by atoms with Gasteiger partial charge in [-0.1, -0.05) is 42.5 Å². The maximum atomic E-state index is 13.0. The highest BCUT2D eigenvalue weighted by molar-refractivity contribution is 6.01. The quantitative estimate of drug-likeness (QED) is 0.500. The molecule has 1 fully saturated rings. The summed E-state index contributed by atoms with van der Waals surface area (Å²) in [7, 11) is 0. The summed E-state index contributed by atoms with van der Waals surface area (Å²) in [6, 6.07) is 17.2. The van der Waals surface area contributed by atoms with Crippen molar-refractivity contribution in [2.24, 2.45) is 0 Å². The second-order valence-electron chi connectivity index (χ2n) is 7.56. The van der Waals surface area contributed by atoms with Crippen molar-refractivity contribution in [2.45, 2.75) is 25.5 Å². The molecule has 0 amide bonds. The van der Waals surface area contributed by atoms with Crippen LogP contribution in [0.25, 0.3) is 16.5 Å². The lowest BCUT2D eigenvalue weighted by atomic mass is 9.89. The molecular formula is C24H21NO4. The van der Waals surface area contributed by atoms with E-state index in [1.54, 1.807) is 6.07 Å². The lowest BCUT2D eigenvalue weighted by Crippen LogP contribution is -2.48. The highest BCUT2D eigenvalue weighted by Gasteiger charge is 2.53. The molecule has 0 aliphatic carbocycles. The Labute approximate surface area is 168 Å². The standard InChI is InChI=1S/C24H21NO4/c1-16(26)15-19-21-22(18-11-5-6-12-20(18)28-23(21)27)29-24(19,25-13-7-8-14-25)17-9-3-2-4-10-17/h2-6,9-12,15H,7-8,13-14H2,1H3/b19-15+. The Kier molecular flexibility index (Phi) is 4.14. The normalized spacial score (nSPS) is 22.7. The van der Waals surface area contributed by atoms with E-state index in [4.69, 9.17) is 9.15 Å². The number of fused-ring (bicyclic) bond motifs is 3. The highest BCUT2D eigenvalue weighted by Crippen LogP contribution is 2.53. The number of hydrogen-bond acceptors (Lipinski definition) is 5. The number of para-hydroxylation sites is 1. The minimum absolute atomic E-state index is 0.136. The van der Waals surface area contributed by atoms with Gasteiger partial charge in [0, 0.05) is 24.2 Å². The molecule has 146 valence electrons. The number of carbonyl (C=O) groups is 1. The average Bonchev–Trinajstić information content (AvgIpc) is 3.36. The first kappa shape index (κ1) is 17.9. The summed E-state index contributed by atoms with van der Waals surface area (Å²) < 4.78 is 12.3. The van der Waals surface area contributed by atoms with Crippen LogP contribution in [0.2, 0.25) is 0 Å². The largest absolute Gasteiger partial charge is 0.462 e. The van der Waals surface area contributed by atoms with Crippen LogP contribution in [0.3, 0.4) is 0 Å². The number of ketones is 1. The molecule has 0 bridgehead atoms. The van der Waals surface area contributed by atoms with Crippen molar-refractivity contribution in [1.82, 2.24) is 4.90 Å². The third-order valence-electron chi connectivity index (χ3n) is 5.71. The van der Waals surface area contributed by atoms with Crippen LogP contribution in [0.15, 0.2) is 69.9 Å². The maximum absolute atomic E-state index is 13.0. The first-order valence-electron chi connectivity index (χ1n) is 9.90. The summed E-state index contributed by atoms with van der Waals surface area (Å²) in [6.07, 6.45) is 3.61. The molecule has 5 rings (SSSR count). The van der Waals surface area contributed by atoms with E-state index in [9.17, 15) is 9.59 Å². The Morgan fingerprint density at radius 3 is 2.45 bits per heavy atom. The van der Waals surface area contributed by atoms with Gasteiger partial charge in [0.2, 0.25) is 5.72 Å². The molecule has 5 heteroatoms. The zero-order valence-corrected chi connectivity index (χ0v) is 16.2. The van der Waals surface area contributed by atoms with Gasteiger partial charge in [0.25, 0.3) is 0 Å². The molecule has 3 aromatic rings. The Morgan fingerprint density at radius 1 is 1.03 bits per heavy atom. The zero-order chi connectivity index (χ0) is 20.0. The first-order chi connectivity index (χ1) is 14.1. The molecule has 1 saturated heterocycles.